The van der Waals surface area contributed by atoms with E-state index in [-0.39, 0.29) is 18.5 Å². The number of fused-ring (bicyclic) bond motifs is 1. The van der Waals surface area contributed by atoms with E-state index in [0.29, 0.717) is 6.42 Å². The lowest BCUT2D eigenvalue weighted by molar-refractivity contribution is 0.300. The second kappa shape index (κ2) is 4.26. The number of aliphatic hydroxyl groups excluding tert-OH is 1. The van der Waals surface area contributed by atoms with Gasteiger partial charge in [0.1, 0.15) is 5.82 Å². The van der Waals surface area contributed by atoms with E-state index >= 15 is 0 Å². The normalized spacial score (nSPS) is 11.6. The van der Waals surface area contributed by atoms with Gasteiger partial charge in [-0.25, -0.2) is 4.39 Å². The van der Waals surface area contributed by atoms with E-state index in [4.69, 9.17) is 5.11 Å². The highest BCUT2D eigenvalue weighted by molar-refractivity contribution is 5.84. The van der Waals surface area contributed by atoms with Crippen molar-refractivity contribution in [3.63, 3.8) is 0 Å². The van der Waals surface area contributed by atoms with Crippen LogP contribution in [0.4, 0.5) is 4.39 Å². The summed E-state index contributed by atoms with van der Waals surface area (Å²) in [5.74, 6) is -0.219. The van der Waals surface area contributed by atoms with Crippen molar-refractivity contribution in [2.24, 2.45) is 0 Å². The molecule has 0 aliphatic carbocycles. The van der Waals surface area contributed by atoms with Crippen LogP contribution in [-0.4, -0.2) is 16.3 Å². The minimum absolute atomic E-state index is 0.120. The topological polar surface area (TPSA) is 25.2 Å². The van der Waals surface area contributed by atoms with Crippen LogP contribution in [0.25, 0.3) is 10.9 Å². The maximum Gasteiger partial charge on any atom is 0.125 e. The van der Waals surface area contributed by atoms with Gasteiger partial charge in [0.05, 0.1) is 5.52 Å². The molecule has 0 aliphatic rings. The van der Waals surface area contributed by atoms with Crippen LogP contribution >= 0.6 is 0 Å². The molecule has 86 valence electrons. The van der Waals surface area contributed by atoms with E-state index in [0.717, 1.165) is 16.5 Å². The fourth-order valence-corrected chi connectivity index (χ4v) is 2.04. The predicted octanol–water partition coefficient (Wildman–Crippen LogP) is 2.90. The summed E-state index contributed by atoms with van der Waals surface area (Å²) >= 11 is 0. The molecule has 3 heteroatoms. The average Bonchev–Trinajstić information content (AvgIpc) is 2.57. The molecule has 0 saturated carbocycles. The Labute approximate surface area is 94.3 Å². The molecule has 0 spiro atoms. The lowest BCUT2D eigenvalue weighted by Crippen LogP contribution is -1.98. The molecule has 0 saturated heterocycles. The highest BCUT2D eigenvalue weighted by Crippen LogP contribution is 2.25. The largest absolute Gasteiger partial charge is 0.396 e. The number of aliphatic hydroxyl groups is 1. The lowest BCUT2D eigenvalue weighted by atomic mass is 10.1. The van der Waals surface area contributed by atoms with Crippen LogP contribution in [0.15, 0.2) is 24.4 Å². The van der Waals surface area contributed by atoms with Crippen molar-refractivity contribution >= 4 is 10.9 Å². The van der Waals surface area contributed by atoms with E-state index in [1.165, 1.54) is 6.07 Å². The van der Waals surface area contributed by atoms with Gasteiger partial charge < -0.3 is 9.67 Å². The van der Waals surface area contributed by atoms with Crippen molar-refractivity contribution < 1.29 is 9.50 Å². The van der Waals surface area contributed by atoms with Gasteiger partial charge in [-0.05, 0) is 44.0 Å². The number of hydrogen-bond acceptors (Lipinski definition) is 1. The second-order valence-electron chi connectivity index (χ2n) is 4.29. The van der Waals surface area contributed by atoms with Gasteiger partial charge in [-0.2, -0.15) is 0 Å². The van der Waals surface area contributed by atoms with Gasteiger partial charge in [0.2, 0.25) is 0 Å². The minimum atomic E-state index is -0.219. The van der Waals surface area contributed by atoms with Gasteiger partial charge in [0.15, 0.2) is 0 Å². The molecule has 1 heterocycles. The molecule has 0 unspecified atom stereocenters. The molecular formula is C13H16FNO. The number of nitrogens with zero attached hydrogens (tertiary/aromatic N) is 1. The summed E-state index contributed by atoms with van der Waals surface area (Å²) in [7, 11) is 0. The summed E-state index contributed by atoms with van der Waals surface area (Å²) in [6.45, 7) is 4.24. The fourth-order valence-electron chi connectivity index (χ4n) is 2.04. The number of aromatic nitrogens is 1. The average molecular weight is 221 g/mol. The maximum absolute atomic E-state index is 13.2. The molecule has 0 bridgehead atoms. The SMILES string of the molecule is CC(C)n1cc(CCO)c2ccc(F)cc21. The zero-order chi connectivity index (χ0) is 11.7. The van der Waals surface area contributed by atoms with Crippen LogP contribution in [0.5, 0.6) is 0 Å². The van der Waals surface area contributed by atoms with Gasteiger partial charge in [0.25, 0.3) is 0 Å². The fraction of sp³-hybridized carbons (Fsp3) is 0.385. The first-order valence-electron chi connectivity index (χ1n) is 5.53. The molecule has 0 fully saturated rings. The van der Waals surface area contributed by atoms with Gasteiger partial charge in [-0.3, -0.25) is 0 Å². The third kappa shape index (κ3) is 1.83. The van der Waals surface area contributed by atoms with E-state index < -0.39 is 0 Å². The molecule has 2 aromatic rings. The van der Waals surface area contributed by atoms with E-state index in [1.54, 1.807) is 12.1 Å². The highest BCUT2D eigenvalue weighted by atomic mass is 19.1. The van der Waals surface area contributed by atoms with E-state index in [2.05, 4.69) is 13.8 Å². The molecule has 1 N–H and O–H groups in total. The Morgan fingerprint density at radius 3 is 2.75 bits per heavy atom. The number of hydrogen-bond donors (Lipinski definition) is 1. The number of rotatable bonds is 3. The van der Waals surface area contributed by atoms with Crippen LogP contribution in [-0.2, 0) is 6.42 Å². The van der Waals surface area contributed by atoms with Crippen LogP contribution in [0.1, 0.15) is 25.5 Å². The Morgan fingerprint density at radius 2 is 2.12 bits per heavy atom. The monoisotopic (exact) mass is 221 g/mol. The summed E-state index contributed by atoms with van der Waals surface area (Å²) < 4.78 is 15.3. The van der Waals surface area contributed by atoms with E-state index in [9.17, 15) is 4.39 Å². The molecule has 2 rings (SSSR count). The molecule has 0 atom stereocenters. The van der Waals surface area contributed by atoms with Gasteiger partial charge in [-0.1, -0.05) is 0 Å². The molecule has 1 aromatic heterocycles. The zero-order valence-electron chi connectivity index (χ0n) is 9.57. The lowest BCUT2D eigenvalue weighted by Gasteiger charge is -2.08. The third-order valence-electron chi connectivity index (χ3n) is 2.82. The molecular weight excluding hydrogens is 205 g/mol. The van der Waals surface area contributed by atoms with Gasteiger partial charge in [-0.15, -0.1) is 0 Å². The summed E-state index contributed by atoms with van der Waals surface area (Å²) in [6.07, 6.45) is 2.62. The van der Waals surface area contributed by atoms with Crippen molar-refractivity contribution in [2.45, 2.75) is 26.3 Å². The maximum atomic E-state index is 13.2. The van der Waals surface area contributed by atoms with Crippen molar-refractivity contribution in [1.82, 2.24) is 4.57 Å². The number of halogens is 1. The van der Waals surface area contributed by atoms with Crippen molar-refractivity contribution in [1.29, 1.82) is 0 Å². The summed E-state index contributed by atoms with van der Waals surface area (Å²) in [4.78, 5) is 0. The smallest absolute Gasteiger partial charge is 0.125 e. The first kappa shape index (κ1) is 11.1. The van der Waals surface area contributed by atoms with Crippen molar-refractivity contribution in [3.05, 3.63) is 35.8 Å². The molecule has 2 nitrogen and oxygen atoms in total. The molecule has 16 heavy (non-hydrogen) atoms. The molecule has 1 aromatic carbocycles. The van der Waals surface area contributed by atoms with Crippen LogP contribution in [0.2, 0.25) is 0 Å². The van der Waals surface area contributed by atoms with Crippen molar-refractivity contribution in [3.8, 4) is 0 Å². The molecule has 0 aliphatic heterocycles. The predicted molar refractivity (Wildman–Crippen MR) is 63.1 cm³/mol. The Bertz CT molecular complexity index is 502. The summed E-state index contributed by atoms with van der Waals surface area (Å²) in [5, 5.41) is 10.0. The first-order chi connectivity index (χ1) is 7.63. The highest BCUT2D eigenvalue weighted by Gasteiger charge is 2.10. The van der Waals surface area contributed by atoms with Crippen LogP contribution in [0, 0.1) is 5.82 Å². The Morgan fingerprint density at radius 1 is 1.38 bits per heavy atom. The van der Waals surface area contributed by atoms with Crippen molar-refractivity contribution in [2.75, 3.05) is 6.61 Å². The molecule has 0 radical (unpaired) electrons. The third-order valence-corrected chi connectivity index (χ3v) is 2.82. The van der Waals surface area contributed by atoms with E-state index in [1.807, 2.05) is 10.8 Å². The Kier molecular flexibility index (Phi) is 2.97. The molecule has 0 amide bonds. The Balaban J connectivity index is 2.66. The summed E-state index contributed by atoms with van der Waals surface area (Å²) in [5.41, 5.74) is 1.98. The Hall–Kier alpha value is -1.35. The van der Waals surface area contributed by atoms with Gasteiger partial charge in [0, 0.05) is 24.2 Å². The van der Waals surface area contributed by atoms with Crippen LogP contribution in [0.3, 0.4) is 0 Å². The van der Waals surface area contributed by atoms with Crippen LogP contribution < -0.4 is 0 Å². The second-order valence-corrected chi connectivity index (χ2v) is 4.29. The quantitative estimate of drug-likeness (QED) is 0.847. The van der Waals surface area contributed by atoms with Gasteiger partial charge >= 0.3 is 0 Å². The zero-order valence-corrected chi connectivity index (χ0v) is 9.57. The summed E-state index contributed by atoms with van der Waals surface area (Å²) in [6, 6.07) is 5.09. The number of benzene rings is 1. The standard InChI is InChI=1S/C13H16FNO/c1-9(2)15-8-10(5-6-16)12-4-3-11(14)7-13(12)15/h3-4,7-9,16H,5-6H2,1-2H3. The first-order valence-corrected chi connectivity index (χ1v) is 5.53. The minimum Gasteiger partial charge on any atom is -0.396 e.